The molecule has 0 heterocycles. The fourth-order valence-electron chi connectivity index (χ4n) is 2.83. The Labute approximate surface area is 172 Å². The minimum Gasteiger partial charge on any atom is -0.490 e. The summed E-state index contributed by atoms with van der Waals surface area (Å²) in [7, 11) is 0. The molecule has 0 spiro atoms. The fourth-order valence-corrected chi connectivity index (χ4v) is 3.41. The van der Waals surface area contributed by atoms with Gasteiger partial charge in [0, 0.05) is 6.92 Å². The lowest BCUT2D eigenvalue weighted by atomic mass is 10.1. The number of carbonyl (C=O) groups excluding carboxylic acids is 1. The highest BCUT2D eigenvalue weighted by Crippen LogP contribution is 2.37. The molecule has 0 fully saturated rings. The van der Waals surface area contributed by atoms with Gasteiger partial charge in [-0.05, 0) is 56.9 Å². The number of hydrazone groups is 1. The third kappa shape index (κ3) is 4.89. The number of nitrogens with one attached hydrogen (secondary N) is 1. The van der Waals surface area contributed by atoms with Gasteiger partial charge in [0.1, 0.15) is 6.61 Å². The molecule has 144 valence electrons. The van der Waals surface area contributed by atoms with Crippen molar-refractivity contribution in [2.75, 3.05) is 6.61 Å². The van der Waals surface area contributed by atoms with Gasteiger partial charge in [-0.1, -0.05) is 42.5 Å². The van der Waals surface area contributed by atoms with Gasteiger partial charge in [0.15, 0.2) is 11.5 Å². The predicted octanol–water partition coefficient (Wildman–Crippen LogP) is 5.05. The quantitative estimate of drug-likeness (QED) is 0.412. The van der Waals surface area contributed by atoms with Crippen molar-refractivity contribution in [1.82, 2.24) is 5.43 Å². The molecule has 0 saturated heterocycles. The highest BCUT2D eigenvalue weighted by atomic mass is 79.9. The van der Waals surface area contributed by atoms with Gasteiger partial charge < -0.3 is 9.47 Å². The van der Waals surface area contributed by atoms with Crippen molar-refractivity contribution in [2.24, 2.45) is 5.10 Å². The second-order valence-electron chi connectivity index (χ2n) is 6.12. The molecule has 0 radical (unpaired) electrons. The van der Waals surface area contributed by atoms with E-state index >= 15 is 0 Å². The van der Waals surface area contributed by atoms with Crippen molar-refractivity contribution in [3.63, 3.8) is 0 Å². The Hall–Kier alpha value is -2.86. The van der Waals surface area contributed by atoms with E-state index in [0.717, 1.165) is 21.0 Å². The van der Waals surface area contributed by atoms with E-state index in [9.17, 15) is 4.79 Å². The van der Waals surface area contributed by atoms with Gasteiger partial charge in [0.25, 0.3) is 0 Å². The van der Waals surface area contributed by atoms with Crippen molar-refractivity contribution in [3.05, 3.63) is 70.2 Å². The lowest BCUT2D eigenvalue weighted by molar-refractivity contribution is -0.118. The normalized spacial score (nSPS) is 11.0. The van der Waals surface area contributed by atoms with E-state index in [1.165, 1.54) is 12.3 Å². The summed E-state index contributed by atoms with van der Waals surface area (Å²) in [5, 5.41) is 6.24. The molecule has 0 atom stereocenters. The van der Waals surface area contributed by atoms with Gasteiger partial charge in [-0.15, -0.1) is 0 Å². The van der Waals surface area contributed by atoms with E-state index in [1.54, 1.807) is 6.21 Å². The molecule has 3 aromatic carbocycles. The molecule has 6 heteroatoms. The number of amides is 1. The minimum atomic E-state index is -0.226. The van der Waals surface area contributed by atoms with Crippen molar-refractivity contribution in [1.29, 1.82) is 0 Å². The Morgan fingerprint density at radius 3 is 2.71 bits per heavy atom. The van der Waals surface area contributed by atoms with Crippen molar-refractivity contribution in [2.45, 2.75) is 20.5 Å². The van der Waals surface area contributed by atoms with Crippen LogP contribution in [0.5, 0.6) is 11.5 Å². The Morgan fingerprint density at radius 2 is 1.93 bits per heavy atom. The first-order valence-corrected chi connectivity index (χ1v) is 9.73. The van der Waals surface area contributed by atoms with Crippen molar-refractivity contribution < 1.29 is 14.3 Å². The van der Waals surface area contributed by atoms with E-state index in [4.69, 9.17) is 9.47 Å². The second-order valence-corrected chi connectivity index (χ2v) is 6.97. The maximum atomic E-state index is 11.0. The first-order valence-electron chi connectivity index (χ1n) is 8.94. The minimum absolute atomic E-state index is 0.226. The maximum absolute atomic E-state index is 11.0. The summed E-state index contributed by atoms with van der Waals surface area (Å²) in [5.74, 6) is 1.02. The first-order chi connectivity index (χ1) is 13.6. The van der Waals surface area contributed by atoms with E-state index < -0.39 is 0 Å². The van der Waals surface area contributed by atoms with Crippen LogP contribution in [0, 0.1) is 0 Å². The molecule has 0 bridgehead atoms. The molecule has 28 heavy (non-hydrogen) atoms. The van der Waals surface area contributed by atoms with Crippen LogP contribution in [-0.2, 0) is 11.4 Å². The Bertz CT molecular complexity index is 1010. The molecule has 0 aliphatic carbocycles. The molecule has 5 nitrogen and oxygen atoms in total. The van der Waals surface area contributed by atoms with Crippen LogP contribution in [0.3, 0.4) is 0 Å². The topological polar surface area (TPSA) is 59.9 Å². The molecule has 0 unspecified atom stereocenters. The van der Waals surface area contributed by atoms with Gasteiger partial charge in [-0.2, -0.15) is 5.10 Å². The summed E-state index contributed by atoms with van der Waals surface area (Å²) in [6.07, 6.45) is 1.56. The van der Waals surface area contributed by atoms with Crippen molar-refractivity contribution in [3.8, 4) is 11.5 Å². The summed E-state index contributed by atoms with van der Waals surface area (Å²) in [5.41, 5.74) is 4.27. The number of halogens is 1. The molecule has 0 aliphatic heterocycles. The summed E-state index contributed by atoms with van der Waals surface area (Å²) in [4.78, 5) is 11.0. The predicted molar refractivity (Wildman–Crippen MR) is 115 cm³/mol. The average molecular weight is 441 g/mol. The summed E-state index contributed by atoms with van der Waals surface area (Å²) < 4.78 is 12.6. The number of carbonyl (C=O) groups is 1. The average Bonchev–Trinajstić information content (AvgIpc) is 2.67. The highest BCUT2D eigenvalue weighted by molar-refractivity contribution is 9.10. The lowest BCUT2D eigenvalue weighted by Gasteiger charge is -2.15. The number of hydrogen-bond acceptors (Lipinski definition) is 4. The first kappa shape index (κ1) is 19.9. The molecular formula is C22H21BrN2O3. The molecular weight excluding hydrogens is 420 g/mol. The van der Waals surface area contributed by atoms with Gasteiger partial charge in [-0.3, -0.25) is 4.79 Å². The zero-order chi connectivity index (χ0) is 19.9. The molecule has 3 aromatic rings. The number of nitrogens with zero attached hydrogens (tertiary/aromatic N) is 1. The van der Waals surface area contributed by atoms with Crippen LogP contribution < -0.4 is 14.9 Å². The number of rotatable bonds is 7. The lowest BCUT2D eigenvalue weighted by Crippen LogP contribution is -2.12. The summed E-state index contributed by atoms with van der Waals surface area (Å²) in [6, 6.07) is 18.1. The monoisotopic (exact) mass is 440 g/mol. The zero-order valence-corrected chi connectivity index (χ0v) is 17.3. The molecule has 0 aromatic heterocycles. The largest absolute Gasteiger partial charge is 0.490 e. The number of ether oxygens (including phenoxy) is 2. The zero-order valence-electron chi connectivity index (χ0n) is 15.7. The van der Waals surface area contributed by atoms with Gasteiger partial charge in [0.2, 0.25) is 5.91 Å². The second kappa shape index (κ2) is 9.37. The van der Waals surface area contributed by atoms with Gasteiger partial charge in [0.05, 0.1) is 17.3 Å². The molecule has 3 rings (SSSR count). The number of hydrogen-bond donors (Lipinski definition) is 1. The highest BCUT2D eigenvalue weighted by Gasteiger charge is 2.13. The SMILES string of the molecule is CCOc1cc(/C=N\NC(C)=O)cc(Br)c1OCc1cccc2ccccc12. The number of fused-ring (bicyclic) bond motifs is 1. The van der Waals surface area contributed by atoms with E-state index in [0.29, 0.717) is 24.7 Å². The van der Waals surface area contributed by atoms with E-state index in [-0.39, 0.29) is 5.91 Å². The van der Waals surface area contributed by atoms with Crippen molar-refractivity contribution >= 4 is 38.8 Å². The fraction of sp³-hybridized carbons (Fsp3) is 0.182. The van der Waals surface area contributed by atoms with Crippen LogP contribution in [0.25, 0.3) is 10.8 Å². The number of benzene rings is 3. The summed E-state index contributed by atoms with van der Waals surface area (Å²) >= 11 is 3.56. The van der Waals surface area contributed by atoms with E-state index in [2.05, 4.69) is 50.7 Å². The third-order valence-corrected chi connectivity index (χ3v) is 4.61. The Morgan fingerprint density at radius 1 is 1.14 bits per heavy atom. The Kier molecular flexibility index (Phi) is 6.66. The van der Waals surface area contributed by atoms with Gasteiger partial charge >= 0.3 is 0 Å². The smallest absolute Gasteiger partial charge is 0.236 e. The van der Waals surface area contributed by atoms with Crippen LogP contribution in [0.15, 0.2) is 64.2 Å². The van der Waals surface area contributed by atoms with Crippen LogP contribution in [0.4, 0.5) is 0 Å². The molecule has 1 N–H and O–H groups in total. The van der Waals surface area contributed by atoms with Crippen LogP contribution >= 0.6 is 15.9 Å². The molecule has 0 saturated carbocycles. The Balaban J connectivity index is 1.86. The van der Waals surface area contributed by atoms with Crippen LogP contribution in [0.2, 0.25) is 0 Å². The van der Waals surface area contributed by atoms with Gasteiger partial charge in [-0.25, -0.2) is 5.43 Å². The van der Waals surface area contributed by atoms with Crippen LogP contribution in [-0.4, -0.2) is 18.7 Å². The molecule has 0 aliphatic rings. The third-order valence-electron chi connectivity index (χ3n) is 4.02. The van der Waals surface area contributed by atoms with Crippen LogP contribution in [0.1, 0.15) is 25.0 Å². The molecule has 1 amide bonds. The maximum Gasteiger partial charge on any atom is 0.236 e. The standard InChI is InChI=1S/C22H21BrN2O3/c1-3-27-21-12-16(13-24-25-15(2)26)11-20(23)22(21)28-14-18-9-6-8-17-7-4-5-10-19(17)18/h4-13H,3,14H2,1-2H3,(H,25,26)/b24-13-. The van der Waals surface area contributed by atoms with E-state index in [1.807, 2.05) is 37.3 Å². The summed E-state index contributed by atoms with van der Waals surface area (Å²) in [6.45, 7) is 4.24.